The molecule has 0 amide bonds. The van der Waals surface area contributed by atoms with Crippen LogP contribution in [0.5, 0.6) is 0 Å². The van der Waals surface area contributed by atoms with Crippen molar-refractivity contribution < 1.29 is 4.74 Å². The second-order valence-corrected chi connectivity index (χ2v) is 3.63. The van der Waals surface area contributed by atoms with Crippen molar-refractivity contribution in [3.05, 3.63) is 0 Å². The Kier molecular flexibility index (Phi) is 7.29. The fourth-order valence-corrected chi connectivity index (χ4v) is 1.69. The van der Waals surface area contributed by atoms with E-state index in [1.165, 1.54) is 6.42 Å². The molecular formula is C11H25NO. The molecule has 0 saturated carbocycles. The van der Waals surface area contributed by atoms with E-state index in [4.69, 9.17) is 4.74 Å². The zero-order chi connectivity index (χ0) is 10.3. The largest absolute Gasteiger partial charge is 0.377 e. The van der Waals surface area contributed by atoms with Crippen molar-refractivity contribution in [3.63, 3.8) is 0 Å². The van der Waals surface area contributed by atoms with Gasteiger partial charge in [-0.1, -0.05) is 27.2 Å². The molecule has 2 nitrogen and oxygen atoms in total. The van der Waals surface area contributed by atoms with Gasteiger partial charge in [0.05, 0.1) is 6.10 Å². The Labute approximate surface area is 83.1 Å². The molecule has 0 saturated heterocycles. The Bertz CT molecular complexity index is 117. The highest BCUT2D eigenvalue weighted by Gasteiger charge is 2.21. The molecule has 1 N–H and O–H groups in total. The van der Waals surface area contributed by atoms with Gasteiger partial charge < -0.3 is 10.1 Å². The van der Waals surface area contributed by atoms with Crippen LogP contribution < -0.4 is 5.32 Å². The van der Waals surface area contributed by atoms with Crippen molar-refractivity contribution in [2.45, 2.75) is 53.2 Å². The molecule has 0 aliphatic heterocycles. The predicted octanol–water partition coefficient (Wildman–Crippen LogP) is 2.44. The molecule has 0 aromatic heterocycles. The monoisotopic (exact) mass is 187 g/mol. The van der Waals surface area contributed by atoms with Crippen LogP contribution in [0.3, 0.4) is 0 Å². The fraction of sp³-hybridized carbons (Fsp3) is 1.00. The van der Waals surface area contributed by atoms with E-state index in [0.29, 0.717) is 18.1 Å². The van der Waals surface area contributed by atoms with Gasteiger partial charge in [-0.05, 0) is 26.3 Å². The summed E-state index contributed by atoms with van der Waals surface area (Å²) in [6.07, 6.45) is 1.52. The van der Waals surface area contributed by atoms with Gasteiger partial charge in [0, 0.05) is 12.6 Å². The topological polar surface area (TPSA) is 21.3 Å². The fourth-order valence-electron chi connectivity index (χ4n) is 1.69. The lowest BCUT2D eigenvalue weighted by Crippen LogP contribution is -2.44. The minimum absolute atomic E-state index is 0.319. The number of hydrogen-bond acceptors (Lipinski definition) is 2. The number of nitrogens with one attached hydrogen (secondary N) is 1. The summed E-state index contributed by atoms with van der Waals surface area (Å²) in [7, 11) is 0. The molecule has 3 atom stereocenters. The van der Waals surface area contributed by atoms with Gasteiger partial charge >= 0.3 is 0 Å². The zero-order valence-corrected chi connectivity index (χ0v) is 9.76. The molecule has 0 aromatic carbocycles. The molecule has 0 aliphatic rings. The normalized spacial score (nSPS) is 18.2. The molecule has 13 heavy (non-hydrogen) atoms. The van der Waals surface area contributed by atoms with E-state index in [1.54, 1.807) is 0 Å². The summed E-state index contributed by atoms with van der Waals surface area (Å²) >= 11 is 0. The first-order chi connectivity index (χ1) is 6.17. The Balaban J connectivity index is 4.05. The van der Waals surface area contributed by atoms with E-state index in [2.05, 4.69) is 39.9 Å². The number of ether oxygens (including phenoxy) is 1. The average Bonchev–Trinajstić information content (AvgIpc) is 2.13. The summed E-state index contributed by atoms with van der Waals surface area (Å²) in [4.78, 5) is 0. The molecule has 0 bridgehead atoms. The molecule has 80 valence electrons. The van der Waals surface area contributed by atoms with Crippen LogP contribution in [0, 0.1) is 5.92 Å². The summed E-state index contributed by atoms with van der Waals surface area (Å²) in [5.41, 5.74) is 0. The van der Waals surface area contributed by atoms with Crippen LogP contribution in [0.1, 0.15) is 41.0 Å². The molecule has 0 aromatic rings. The van der Waals surface area contributed by atoms with Crippen molar-refractivity contribution in [2.24, 2.45) is 5.92 Å². The Morgan fingerprint density at radius 2 is 1.77 bits per heavy atom. The summed E-state index contributed by atoms with van der Waals surface area (Å²) in [6.45, 7) is 12.7. The second kappa shape index (κ2) is 7.34. The minimum atomic E-state index is 0.319. The van der Waals surface area contributed by atoms with E-state index >= 15 is 0 Å². The minimum Gasteiger partial charge on any atom is -0.377 e. The van der Waals surface area contributed by atoms with Gasteiger partial charge in [0.2, 0.25) is 0 Å². The summed E-state index contributed by atoms with van der Waals surface area (Å²) < 4.78 is 5.62. The third kappa shape index (κ3) is 4.63. The highest BCUT2D eigenvalue weighted by molar-refractivity contribution is 4.78. The van der Waals surface area contributed by atoms with Gasteiger partial charge in [-0.3, -0.25) is 0 Å². The van der Waals surface area contributed by atoms with E-state index in [-0.39, 0.29) is 0 Å². The van der Waals surface area contributed by atoms with Crippen LogP contribution >= 0.6 is 0 Å². The first-order valence-electron chi connectivity index (χ1n) is 5.52. The first kappa shape index (κ1) is 12.9. The average molecular weight is 187 g/mol. The Morgan fingerprint density at radius 1 is 1.15 bits per heavy atom. The zero-order valence-electron chi connectivity index (χ0n) is 9.76. The molecular weight excluding hydrogens is 162 g/mol. The highest BCUT2D eigenvalue weighted by atomic mass is 16.5. The van der Waals surface area contributed by atoms with Crippen molar-refractivity contribution in [1.29, 1.82) is 0 Å². The van der Waals surface area contributed by atoms with Gasteiger partial charge in [0.1, 0.15) is 0 Å². The van der Waals surface area contributed by atoms with Crippen molar-refractivity contribution in [2.75, 3.05) is 13.2 Å². The van der Waals surface area contributed by atoms with Crippen LogP contribution in [0.2, 0.25) is 0 Å². The summed E-state index contributed by atoms with van der Waals surface area (Å²) in [5.74, 6) is 0.682. The van der Waals surface area contributed by atoms with Crippen molar-refractivity contribution in [1.82, 2.24) is 5.32 Å². The third-order valence-corrected chi connectivity index (χ3v) is 2.63. The van der Waals surface area contributed by atoms with Gasteiger partial charge in [-0.2, -0.15) is 0 Å². The van der Waals surface area contributed by atoms with Crippen LogP contribution in [-0.2, 0) is 4.74 Å². The predicted molar refractivity (Wildman–Crippen MR) is 58.0 cm³/mol. The number of likely N-dealkylation sites (N-methyl/N-ethyl adjacent to an activating group) is 1. The van der Waals surface area contributed by atoms with Crippen molar-refractivity contribution >= 4 is 0 Å². The first-order valence-corrected chi connectivity index (χ1v) is 5.52. The van der Waals surface area contributed by atoms with Gasteiger partial charge in [0.25, 0.3) is 0 Å². The Morgan fingerprint density at radius 3 is 2.15 bits per heavy atom. The molecule has 0 aliphatic carbocycles. The van der Waals surface area contributed by atoms with Gasteiger partial charge in [-0.25, -0.2) is 0 Å². The van der Waals surface area contributed by atoms with E-state index in [1.807, 2.05) is 0 Å². The van der Waals surface area contributed by atoms with Crippen LogP contribution in [0.4, 0.5) is 0 Å². The maximum atomic E-state index is 5.62. The van der Waals surface area contributed by atoms with Gasteiger partial charge in [-0.15, -0.1) is 0 Å². The van der Waals surface area contributed by atoms with Crippen LogP contribution in [-0.4, -0.2) is 25.3 Å². The molecule has 0 heterocycles. The molecule has 0 fully saturated rings. The highest BCUT2D eigenvalue weighted by Crippen LogP contribution is 2.13. The number of rotatable bonds is 7. The van der Waals surface area contributed by atoms with E-state index < -0.39 is 0 Å². The SMILES string of the molecule is CCNC(C(C)CC)C(C)OCC. The quantitative estimate of drug-likeness (QED) is 0.661. The lowest BCUT2D eigenvalue weighted by atomic mass is 9.95. The van der Waals surface area contributed by atoms with Crippen LogP contribution in [0.25, 0.3) is 0 Å². The van der Waals surface area contributed by atoms with Crippen LogP contribution in [0.15, 0.2) is 0 Å². The molecule has 0 radical (unpaired) electrons. The second-order valence-electron chi connectivity index (χ2n) is 3.63. The lowest BCUT2D eigenvalue weighted by molar-refractivity contribution is 0.0323. The molecule has 0 rings (SSSR count). The molecule has 2 heteroatoms. The van der Waals surface area contributed by atoms with Gasteiger partial charge in [0.15, 0.2) is 0 Å². The molecule has 3 unspecified atom stereocenters. The smallest absolute Gasteiger partial charge is 0.0702 e. The summed E-state index contributed by atoms with van der Waals surface area (Å²) in [5, 5.41) is 3.49. The maximum Gasteiger partial charge on any atom is 0.0702 e. The number of hydrogen-bond donors (Lipinski definition) is 1. The van der Waals surface area contributed by atoms with E-state index in [9.17, 15) is 0 Å². The maximum absolute atomic E-state index is 5.62. The lowest BCUT2D eigenvalue weighted by Gasteiger charge is -2.29. The van der Waals surface area contributed by atoms with E-state index in [0.717, 1.165) is 13.2 Å². The van der Waals surface area contributed by atoms with Crippen molar-refractivity contribution in [3.8, 4) is 0 Å². The standard InChI is InChI=1S/C11H25NO/c1-6-9(4)11(12-7-2)10(5)13-8-3/h9-12H,6-8H2,1-5H3. The summed E-state index contributed by atoms with van der Waals surface area (Å²) in [6, 6.07) is 0.495. The Hall–Kier alpha value is -0.0800. The third-order valence-electron chi connectivity index (χ3n) is 2.63. The molecule has 0 spiro atoms.